The number of nitrogens with zero attached hydrogens (tertiary/aromatic N) is 1. The van der Waals surface area contributed by atoms with Crippen molar-refractivity contribution in [1.82, 2.24) is 10.2 Å². The van der Waals surface area contributed by atoms with Crippen LogP contribution in [0.15, 0.2) is 0 Å². The third-order valence-corrected chi connectivity index (χ3v) is 3.38. The molecule has 1 amide bonds. The summed E-state index contributed by atoms with van der Waals surface area (Å²) in [5.74, 6) is 1.56. The van der Waals surface area contributed by atoms with Gasteiger partial charge in [-0.05, 0) is 38.1 Å². The molecule has 0 aromatic heterocycles. The van der Waals surface area contributed by atoms with Crippen LogP contribution in [0.1, 0.15) is 33.6 Å². The number of hydrogen-bond donors (Lipinski definition) is 1. The highest BCUT2D eigenvalue weighted by Gasteiger charge is 2.22. The Morgan fingerprint density at radius 1 is 1.40 bits per heavy atom. The Labute approximate surface area is 93.2 Å². The van der Waals surface area contributed by atoms with E-state index >= 15 is 0 Å². The first kappa shape index (κ1) is 12.5. The smallest absolute Gasteiger partial charge is 0.236 e. The highest BCUT2D eigenvalue weighted by Crippen LogP contribution is 2.27. The van der Waals surface area contributed by atoms with E-state index < -0.39 is 0 Å². The number of nitrogens with one attached hydrogen (secondary N) is 1. The second-order valence-corrected chi connectivity index (χ2v) is 5.06. The van der Waals surface area contributed by atoms with Gasteiger partial charge in [-0.15, -0.1) is 0 Å². The van der Waals surface area contributed by atoms with E-state index in [0.717, 1.165) is 12.5 Å². The van der Waals surface area contributed by atoms with Crippen LogP contribution in [0.4, 0.5) is 0 Å². The molecule has 0 saturated heterocycles. The first-order chi connectivity index (χ1) is 7.02. The molecule has 1 fully saturated rings. The Morgan fingerprint density at radius 3 is 2.47 bits per heavy atom. The lowest BCUT2D eigenvalue weighted by molar-refractivity contribution is -0.131. The summed E-state index contributed by atoms with van der Waals surface area (Å²) in [5.41, 5.74) is 0. The van der Waals surface area contributed by atoms with Gasteiger partial charge in [0.1, 0.15) is 0 Å². The molecule has 1 unspecified atom stereocenters. The van der Waals surface area contributed by atoms with Crippen molar-refractivity contribution in [2.75, 3.05) is 20.1 Å². The molecule has 3 heteroatoms. The fourth-order valence-electron chi connectivity index (χ4n) is 1.50. The van der Waals surface area contributed by atoms with Gasteiger partial charge >= 0.3 is 0 Å². The van der Waals surface area contributed by atoms with Gasteiger partial charge in [0.05, 0.1) is 6.54 Å². The lowest BCUT2D eigenvalue weighted by Crippen LogP contribution is -2.43. The maximum absolute atomic E-state index is 11.8. The zero-order valence-electron chi connectivity index (χ0n) is 10.4. The fourth-order valence-corrected chi connectivity index (χ4v) is 1.50. The van der Waals surface area contributed by atoms with Gasteiger partial charge in [0.25, 0.3) is 0 Å². The topological polar surface area (TPSA) is 32.3 Å². The zero-order valence-corrected chi connectivity index (χ0v) is 10.4. The van der Waals surface area contributed by atoms with Crippen LogP contribution >= 0.6 is 0 Å². The first-order valence-electron chi connectivity index (χ1n) is 5.98. The normalized spacial score (nSPS) is 17.9. The van der Waals surface area contributed by atoms with Crippen LogP contribution in [-0.2, 0) is 4.79 Å². The van der Waals surface area contributed by atoms with Gasteiger partial charge in [0.15, 0.2) is 0 Å². The molecule has 1 saturated carbocycles. The van der Waals surface area contributed by atoms with Gasteiger partial charge in [-0.1, -0.05) is 13.8 Å². The average molecular weight is 212 g/mol. The fraction of sp³-hybridized carbons (Fsp3) is 0.917. The van der Waals surface area contributed by atoms with Crippen LogP contribution < -0.4 is 5.32 Å². The van der Waals surface area contributed by atoms with Crippen LogP contribution in [-0.4, -0.2) is 37.0 Å². The van der Waals surface area contributed by atoms with E-state index in [2.05, 4.69) is 26.1 Å². The summed E-state index contributed by atoms with van der Waals surface area (Å²) < 4.78 is 0. The molecule has 1 aliphatic rings. The third-order valence-electron chi connectivity index (χ3n) is 3.38. The molecule has 0 aliphatic heterocycles. The predicted octanol–water partition coefficient (Wildman–Crippen LogP) is 1.49. The lowest BCUT2D eigenvalue weighted by Gasteiger charge is -2.28. The maximum Gasteiger partial charge on any atom is 0.236 e. The quantitative estimate of drug-likeness (QED) is 0.723. The molecule has 1 atom stereocenters. The molecular formula is C12H24N2O. The highest BCUT2D eigenvalue weighted by atomic mass is 16.2. The second-order valence-electron chi connectivity index (χ2n) is 5.06. The van der Waals surface area contributed by atoms with Gasteiger partial charge < -0.3 is 10.2 Å². The molecule has 0 spiro atoms. The summed E-state index contributed by atoms with van der Waals surface area (Å²) in [4.78, 5) is 13.6. The number of hydrogen-bond acceptors (Lipinski definition) is 2. The third kappa shape index (κ3) is 4.20. The van der Waals surface area contributed by atoms with Gasteiger partial charge in [0, 0.05) is 13.1 Å². The number of rotatable bonds is 6. The Kier molecular flexibility index (Phi) is 4.58. The maximum atomic E-state index is 11.8. The van der Waals surface area contributed by atoms with E-state index in [1.807, 2.05) is 11.9 Å². The van der Waals surface area contributed by atoms with Crippen LogP contribution in [0, 0.1) is 11.8 Å². The van der Waals surface area contributed by atoms with Crippen molar-refractivity contribution in [3.05, 3.63) is 0 Å². The van der Waals surface area contributed by atoms with Gasteiger partial charge in [-0.2, -0.15) is 0 Å². The van der Waals surface area contributed by atoms with Gasteiger partial charge in [0.2, 0.25) is 5.91 Å². The van der Waals surface area contributed by atoms with E-state index in [1.165, 1.54) is 12.8 Å². The zero-order chi connectivity index (χ0) is 11.4. The van der Waals surface area contributed by atoms with Gasteiger partial charge in [-0.3, -0.25) is 4.79 Å². The molecule has 3 nitrogen and oxygen atoms in total. The molecule has 1 aliphatic carbocycles. The standard InChI is InChI=1S/C12H24N2O/c1-9(2)10(3)14(4)12(15)8-13-7-11-5-6-11/h9-11,13H,5-8H2,1-4H3. The van der Waals surface area contributed by atoms with Crippen molar-refractivity contribution in [2.24, 2.45) is 11.8 Å². The van der Waals surface area contributed by atoms with E-state index in [-0.39, 0.29) is 5.91 Å². The molecule has 0 aromatic rings. The predicted molar refractivity (Wildman–Crippen MR) is 62.7 cm³/mol. The monoisotopic (exact) mass is 212 g/mol. The van der Waals surface area contributed by atoms with Crippen molar-refractivity contribution in [1.29, 1.82) is 0 Å². The molecule has 0 heterocycles. The van der Waals surface area contributed by atoms with E-state index in [0.29, 0.717) is 18.5 Å². The van der Waals surface area contributed by atoms with Crippen LogP contribution in [0.25, 0.3) is 0 Å². The molecular weight excluding hydrogens is 188 g/mol. The van der Waals surface area contributed by atoms with E-state index in [9.17, 15) is 4.79 Å². The minimum atomic E-state index is 0.205. The summed E-state index contributed by atoms with van der Waals surface area (Å²) in [6.07, 6.45) is 2.67. The number of likely N-dealkylation sites (N-methyl/N-ethyl adjacent to an activating group) is 1. The molecule has 1 N–H and O–H groups in total. The van der Waals surface area contributed by atoms with Crippen LogP contribution in [0.3, 0.4) is 0 Å². The molecule has 15 heavy (non-hydrogen) atoms. The molecule has 1 rings (SSSR count). The minimum absolute atomic E-state index is 0.205. The van der Waals surface area contributed by atoms with Crippen LogP contribution in [0.5, 0.6) is 0 Å². The Balaban J connectivity index is 2.18. The lowest BCUT2D eigenvalue weighted by atomic mass is 10.1. The van der Waals surface area contributed by atoms with E-state index in [1.54, 1.807) is 0 Å². The van der Waals surface area contributed by atoms with Crippen molar-refractivity contribution < 1.29 is 4.79 Å². The van der Waals surface area contributed by atoms with Crippen molar-refractivity contribution in [3.63, 3.8) is 0 Å². The van der Waals surface area contributed by atoms with Crippen molar-refractivity contribution >= 4 is 5.91 Å². The molecule has 0 radical (unpaired) electrons. The van der Waals surface area contributed by atoms with Gasteiger partial charge in [-0.25, -0.2) is 0 Å². The number of carbonyl (C=O) groups is 1. The summed E-state index contributed by atoms with van der Waals surface area (Å²) in [6, 6.07) is 0.320. The Bertz CT molecular complexity index is 212. The molecule has 0 aromatic carbocycles. The molecule has 0 bridgehead atoms. The largest absolute Gasteiger partial charge is 0.342 e. The first-order valence-corrected chi connectivity index (χ1v) is 5.98. The van der Waals surface area contributed by atoms with Crippen LogP contribution in [0.2, 0.25) is 0 Å². The van der Waals surface area contributed by atoms with Crippen molar-refractivity contribution in [3.8, 4) is 0 Å². The minimum Gasteiger partial charge on any atom is -0.342 e. The van der Waals surface area contributed by atoms with E-state index in [4.69, 9.17) is 0 Å². The SMILES string of the molecule is CC(C)C(C)N(C)C(=O)CNCC1CC1. The summed E-state index contributed by atoms with van der Waals surface area (Å²) in [5, 5.41) is 3.23. The Morgan fingerprint density at radius 2 is 2.00 bits per heavy atom. The molecule has 88 valence electrons. The highest BCUT2D eigenvalue weighted by molar-refractivity contribution is 5.78. The summed E-state index contributed by atoms with van der Waals surface area (Å²) in [6.45, 7) is 7.89. The number of carbonyl (C=O) groups excluding carboxylic acids is 1. The Hall–Kier alpha value is -0.570. The average Bonchev–Trinajstić information content (AvgIpc) is 2.99. The summed E-state index contributed by atoms with van der Waals surface area (Å²) in [7, 11) is 1.89. The summed E-state index contributed by atoms with van der Waals surface area (Å²) >= 11 is 0. The number of amides is 1. The second kappa shape index (κ2) is 5.50. The van der Waals surface area contributed by atoms with Crippen molar-refractivity contribution in [2.45, 2.75) is 39.7 Å².